The van der Waals surface area contributed by atoms with Gasteiger partial charge in [0, 0.05) is 45.3 Å². The zero-order valence-electron chi connectivity index (χ0n) is 24.1. The Kier molecular flexibility index (Phi) is 9.21. The standard InChI is InChI=1S/C33H38N6O2/c1-4-5-17-30(26-13-7-6-8-14-26)41-24-25-12-11-16-28(21-25)39-20-19-37(2)31-29(32(39)40)22-35-33(36-31)38(3)23-27-15-9-10-18-34-27/h6-16,18,21-22,30H,4-5,17,19-20,23-24H2,1-3H3. The lowest BCUT2D eigenvalue weighted by Gasteiger charge is -2.22. The number of hydrogen-bond acceptors (Lipinski definition) is 7. The molecule has 1 aliphatic rings. The molecule has 0 aliphatic carbocycles. The van der Waals surface area contributed by atoms with E-state index in [9.17, 15) is 4.79 Å². The van der Waals surface area contributed by atoms with Gasteiger partial charge >= 0.3 is 0 Å². The van der Waals surface area contributed by atoms with Gasteiger partial charge in [0.25, 0.3) is 5.91 Å². The first-order valence-corrected chi connectivity index (χ1v) is 14.3. The van der Waals surface area contributed by atoms with Crippen molar-refractivity contribution in [2.24, 2.45) is 0 Å². The Morgan fingerprint density at radius 3 is 2.61 bits per heavy atom. The Hall–Kier alpha value is -4.30. The molecule has 5 rings (SSSR count). The van der Waals surface area contributed by atoms with Gasteiger partial charge in [0.05, 0.1) is 24.9 Å². The molecule has 2 aromatic heterocycles. The van der Waals surface area contributed by atoms with Gasteiger partial charge in [-0.05, 0) is 41.8 Å². The highest BCUT2D eigenvalue weighted by molar-refractivity contribution is 6.09. The van der Waals surface area contributed by atoms with E-state index in [-0.39, 0.29) is 12.0 Å². The monoisotopic (exact) mass is 550 g/mol. The number of amides is 1. The first-order valence-electron chi connectivity index (χ1n) is 14.3. The highest BCUT2D eigenvalue weighted by Gasteiger charge is 2.28. The first-order chi connectivity index (χ1) is 20.0. The number of carbonyl (C=O) groups is 1. The van der Waals surface area contributed by atoms with Crippen molar-refractivity contribution in [1.29, 1.82) is 0 Å². The van der Waals surface area contributed by atoms with Crippen molar-refractivity contribution in [3.8, 4) is 0 Å². The molecule has 1 atom stereocenters. The SMILES string of the molecule is CCCCC(OCc1cccc(N2CCN(C)c3nc(N(C)Cc4ccccn4)ncc3C2=O)c1)c1ccccc1. The normalized spacial score (nSPS) is 14.0. The van der Waals surface area contributed by atoms with Crippen molar-refractivity contribution in [2.75, 3.05) is 41.9 Å². The van der Waals surface area contributed by atoms with Crippen LogP contribution in [0.2, 0.25) is 0 Å². The zero-order valence-corrected chi connectivity index (χ0v) is 24.1. The number of unbranched alkanes of at least 4 members (excludes halogenated alkanes) is 1. The van der Waals surface area contributed by atoms with Crippen LogP contribution in [0.4, 0.5) is 17.5 Å². The third kappa shape index (κ3) is 6.89. The molecule has 0 fully saturated rings. The highest BCUT2D eigenvalue weighted by Crippen LogP contribution is 2.29. The van der Waals surface area contributed by atoms with Gasteiger partial charge in [-0.1, -0.05) is 68.3 Å². The second kappa shape index (κ2) is 13.4. The van der Waals surface area contributed by atoms with Crippen LogP contribution >= 0.6 is 0 Å². The van der Waals surface area contributed by atoms with Gasteiger partial charge in [-0.3, -0.25) is 9.78 Å². The number of hydrogen-bond donors (Lipinski definition) is 0. The van der Waals surface area contributed by atoms with Gasteiger partial charge in [0.2, 0.25) is 5.95 Å². The highest BCUT2D eigenvalue weighted by atomic mass is 16.5. The molecular formula is C33H38N6O2. The predicted octanol–water partition coefficient (Wildman–Crippen LogP) is 6.05. The minimum atomic E-state index is -0.105. The van der Waals surface area contributed by atoms with E-state index in [1.165, 1.54) is 5.56 Å². The molecule has 0 bridgehead atoms. The lowest BCUT2D eigenvalue weighted by molar-refractivity contribution is 0.0324. The summed E-state index contributed by atoms with van der Waals surface area (Å²) in [4.78, 5) is 33.3. The largest absolute Gasteiger partial charge is 0.369 e. The summed E-state index contributed by atoms with van der Waals surface area (Å²) in [5, 5.41) is 0. The van der Waals surface area contributed by atoms with Crippen LogP contribution in [-0.4, -0.2) is 48.0 Å². The van der Waals surface area contributed by atoms with E-state index in [4.69, 9.17) is 9.72 Å². The molecule has 4 aromatic rings. The molecule has 0 radical (unpaired) electrons. The summed E-state index contributed by atoms with van der Waals surface area (Å²) in [6.45, 7) is 4.43. The third-order valence-electron chi connectivity index (χ3n) is 7.38. The zero-order chi connectivity index (χ0) is 28.6. The van der Waals surface area contributed by atoms with E-state index in [2.05, 4.69) is 53.3 Å². The predicted molar refractivity (Wildman–Crippen MR) is 163 cm³/mol. The number of fused-ring (bicyclic) bond motifs is 1. The molecule has 1 aliphatic heterocycles. The summed E-state index contributed by atoms with van der Waals surface area (Å²) in [6, 6.07) is 24.3. The molecule has 2 aromatic carbocycles. The third-order valence-corrected chi connectivity index (χ3v) is 7.38. The lowest BCUT2D eigenvalue weighted by Crippen LogP contribution is -2.33. The molecule has 41 heavy (non-hydrogen) atoms. The summed E-state index contributed by atoms with van der Waals surface area (Å²) < 4.78 is 6.42. The topological polar surface area (TPSA) is 74.7 Å². The van der Waals surface area contributed by atoms with Crippen LogP contribution in [0, 0.1) is 0 Å². The molecule has 0 saturated heterocycles. The van der Waals surface area contributed by atoms with E-state index in [0.717, 1.165) is 36.2 Å². The molecule has 1 amide bonds. The van der Waals surface area contributed by atoms with Gasteiger partial charge in [0.1, 0.15) is 11.4 Å². The number of benzene rings is 2. The van der Waals surface area contributed by atoms with Crippen molar-refractivity contribution in [2.45, 2.75) is 45.4 Å². The van der Waals surface area contributed by atoms with Crippen molar-refractivity contribution < 1.29 is 9.53 Å². The quantitative estimate of drug-likeness (QED) is 0.225. The van der Waals surface area contributed by atoms with Crippen molar-refractivity contribution >= 4 is 23.4 Å². The summed E-state index contributed by atoms with van der Waals surface area (Å²) in [5.74, 6) is 1.08. The average molecular weight is 551 g/mol. The van der Waals surface area contributed by atoms with Crippen LogP contribution in [0.5, 0.6) is 0 Å². The van der Waals surface area contributed by atoms with Gasteiger partial charge in [-0.2, -0.15) is 4.98 Å². The molecule has 3 heterocycles. The molecule has 8 heteroatoms. The van der Waals surface area contributed by atoms with Crippen molar-refractivity contribution in [1.82, 2.24) is 15.0 Å². The Balaban J connectivity index is 1.32. The van der Waals surface area contributed by atoms with Crippen LogP contribution in [0.25, 0.3) is 0 Å². The van der Waals surface area contributed by atoms with Gasteiger partial charge in [0.15, 0.2) is 0 Å². The number of aromatic nitrogens is 3. The molecular weight excluding hydrogens is 512 g/mol. The molecule has 8 nitrogen and oxygen atoms in total. The van der Waals surface area contributed by atoms with Crippen LogP contribution in [-0.2, 0) is 17.9 Å². The maximum absolute atomic E-state index is 13.8. The summed E-state index contributed by atoms with van der Waals surface area (Å²) >= 11 is 0. The second-order valence-electron chi connectivity index (χ2n) is 10.5. The second-order valence-corrected chi connectivity index (χ2v) is 10.5. The van der Waals surface area contributed by atoms with Crippen molar-refractivity contribution in [3.05, 3.63) is 108 Å². The maximum atomic E-state index is 13.8. The summed E-state index contributed by atoms with van der Waals surface area (Å²) in [6.07, 6.45) is 6.68. The fourth-order valence-corrected chi connectivity index (χ4v) is 5.06. The molecule has 0 N–H and O–H groups in total. The van der Waals surface area contributed by atoms with E-state index in [0.29, 0.717) is 43.6 Å². The first kappa shape index (κ1) is 28.2. The smallest absolute Gasteiger partial charge is 0.263 e. The summed E-state index contributed by atoms with van der Waals surface area (Å²) in [7, 11) is 3.90. The lowest BCUT2D eigenvalue weighted by atomic mass is 10.0. The number of carbonyl (C=O) groups excluding carboxylic acids is 1. The van der Waals surface area contributed by atoms with Crippen molar-refractivity contribution in [3.63, 3.8) is 0 Å². The van der Waals surface area contributed by atoms with Crippen LogP contribution in [0.3, 0.4) is 0 Å². The number of rotatable bonds is 11. The van der Waals surface area contributed by atoms with E-state index < -0.39 is 0 Å². The minimum Gasteiger partial charge on any atom is -0.369 e. The Morgan fingerprint density at radius 2 is 1.83 bits per heavy atom. The van der Waals surface area contributed by atoms with E-state index in [1.54, 1.807) is 12.4 Å². The minimum absolute atomic E-state index is 0.0438. The van der Waals surface area contributed by atoms with Crippen LogP contribution in [0.15, 0.2) is 85.2 Å². The van der Waals surface area contributed by atoms with Crippen LogP contribution < -0.4 is 14.7 Å². The fourth-order valence-electron chi connectivity index (χ4n) is 5.06. The maximum Gasteiger partial charge on any atom is 0.263 e. The molecule has 0 saturated carbocycles. The van der Waals surface area contributed by atoms with Gasteiger partial charge in [-0.25, -0.2) is 4.98 Å². The number of nitrogens with zero attached hydrogens (tertiary/aromatic N) is 6. The number of anilines is 3. The fraction of sp³-hybridized carbons (Fsp3) is 0.333. The Bertz CT molecular complexity index is 1430. The number of pyridine rings is 1. The Morgan fingerprint density at radius 1 is 1.00 bits per heavy atom. The van der Waals surface area contributed by atoms with E-state index >= 15 is 0 Å². The summed E-state index contributed by atoms with van der Waals surface area (Å²) in [5.41, 5.74) is 4.50. The number of likely N-dealkylation sites (N-methyl/N-ethyl adjacent to an activating group) is 1. The van der Waals surface area contributed by atoms with Crippen LogP contribution in [0.1, 0.15) is 59.5 Å². The average Bonchev–Trinajstić information content (AvgIpc) is 3.13. The van der Waals surface area contributed by atoms with Gasteiger partial charge in [-0.15, -0.1) is 0 Å². The van der Waals surface area contributed by atoms with E-state index in [1.807, 2.05) is 65.2 Å². The van der Waals surface area contributed by atoms with Gasteiger partial charge < -0.3 is 19.4 Å². The number of ether oxygens (including phenoxy) is 1. The molecule has 1 unspecified atom stereocenters. The molecule has 212 valence electrons. The molecule has 0 spiro atoms. The Labute approximate surface area is 242 Å².